The third-order valence-electron chi connectivity index (χ3n) is 3.42. The van der Waals surface area contributed by atoms with Crippen LogP contribution in [0.4, 0.5) is 0 Å². The average Bonchev–Trinajstić information content (AvgIpc) is 2.77. The van der Waals surface area contributed by atoms with Crippen LogP contribution in [0, 0.1) is 5.92 Å². The molecule has 0 unspecified atom stereocenters. The molecule has 2 fully saturated rings. The number of esters is 1. The van der Waals surface area contributed by atoms with Gasteiger partial charge >= 0.3 is 5.97 Å². The SMILES string of the molecule is COC(=O)[C@@H]1CCC[C@H]1O[C@@H]1CCCCO1. The van der Waals surface area contributed by atoms with Crippen LogP contribution in [-0.4, -0.2) is 32.1 Å². The molecule has 3 atom stereocenters. The van der Waals surface area contributed by atoms with E-state index in [1.807, 2.05) is 0 Å². The summed E-state index contributed by atoms with van der Waals surface area (Å²) in [6, 6.07) is 0. The smallest absolute Gasteiger partial charge is 0.311 e. The van der Waals surface area contributed by atoms with Gasteiger partial charge in [-0.25, -0.2) is 0 Å². The second-order valence-electron chi connectivity index (χ2n) is 4.53. The Morgan fingerprint density at radius 2 is 2.06 bits per heavy atom. The first-order valence-electron chi connectivity index (χ1n) is 6.16. The molecule has 0 N–H and O–H groups in total. The van der Waals surface area contributed by atoms with Gasteiger partial charge in [0.05, 0.1) is 19.1 Å². The molecule has 1 heterocycles. The minimum Gasteiger partial charge on any atom is -0.469 e. The van der Waals surface area contributed by atoms with Crippen molar-refractivity contribution in [3.05, 3.63) is 0 Å². The predicted molar refractivity (Wildman–Crippen MR) is 57.8 cm³/mol. The normalized spacial score (nSPS) is 34.9. The fourth-order valence-corrected chi connectivity index (χ4v) is 2.52. The monoisotopic (exact) mass is 228 g/mol. The Morgan fingerprint density at radius 3 is 2.75 bits per heavy atom. The maximum absolute atomic E-state index is 11.5. The van der Waals surface area contributed by atoms with Gasteiger partial charge in [0.15, 0.2) is 6.29 Å². The molecule has 4 nitrogen and oxygen atoms in total. The number of methoxy groups -OCH3 is 1. The highest BCUT2D eigenvalue weighted by Gasteiger charge is 2.36. The van der Waals surface area contributed by atoms with Gasteiger partial charge in [-0.2, -0.15) is 0 Å². The zero-order valence-electron chi connectivity index (χ0n) is 9.81. The van der Waals surface area contributed by atoms with Gasteiger partial charge in [-0.3, -0.25) is 4.79 Å². The topological polar surface area (TPSA) is 44.8 Å². The molecule has 0 radical (unpaired) electrons. The van der Waals surface area contributed by atoms with Crippen LogP contribution in [0.5, 0.6) is 0 Å². The van der Waals surface area contributed by atoms with Crippen molar-refractivity contribution in [1.29, 1.82) is 0 Å². The van der Waals surface area contributed by atoms with Crippen molar-refractivity contribution in [1.82, 2.24) is 0 Å². The summed E-state index contributed by atoms with van der Waals surface area (Å²) in [7, 11) is 1.44. The van der Waals surface area contributed by atoms with Crippen LogP contribution in [0.15, 0.2) is 0 Å². The molecule has 16 heavy (non-hydrogen) atoms. The van der Waals surface area contributed by atoms with Crippen LogP contribution in [0.1, 0.15) is 38.5 Å². The fraction of sp³-hybridized carbons (Fsp3) is 0.917. The van der Waals surface area contributed by atoms with E-state index in [1.54, 1.807) is 0 Å². The van der Waals surface area contributed by atoms with Gasteiger partial charge < -0.3 is 14.2 Å². The maximum atomic E-state index is 11.5. The lowest BCUT2D eigenvalue weighted by molar-refractivity contribution is -0.198. The Bertz CT molecular complexity index is 235. The zero-order chi connectivity index (χ0) is 11.4. The minimum atomic E-state index is -0.140. The fourth-order valence-electron chi connectivity index (χ4n) is 2.52. The first kappa shape index (κ1) is 11.9. The van der Waals surface area contributed by atoms with Crippen molar-refractivity contribution in [3.63, 3.8) is 0 Å². The van der Waals surface area contributed by atoms with Crippen molar-refractivity contribution < 1.29 is 19.0 Å². The van der Waals surface area contributed by atoms with E-state index >= 15 is 0 Å². The highest BCUT2D eigenvalue weighted by molar-refractivity contribution is 5.73. The van der Waals surface area contributed by atoms with Crippen LogP contribution in [-0.2, 0) is 19.0 Å². The van der Waals surface area contributed by atoms with Crippen LogP contribution in [0.25, 0.3) is 0 Å². The van der Waals surface area contributed by atoms with Gasteiger partial charge in [-0.15, -0.1) is 0 Å². The van der Waals surface area contributed by atoms with E-state index in [1.165, 1.54) is 7.11 Å². The van der Waals surface area contributed by atoms with Gasteiger partial charge in [0.1, 0.15) is 0 Å². The summed E-state index contributed by atoms with van der Waals surface area (Å²) < 4.78 is 16.2. The third kappa shape index (κ3) is 2.74. The Labute approximate surface area is 96.2 Å². The lowest BCUT2D eigenvalue weighted by Crippen LogP contribution is -2.33. The van der Waals surface area contributed by atoms with Crippen molar-refractivity contribution >= 4 is 5.97 Å². The van der Waals surface area contributed by atoms with E-state index in [9.17, 15) is 4.79 Å². The first-order chi connectivity index (χ1) is 7.81. The van der Waals surface area contributed by atoms with E-state index in [0.29, 0.717) is 0 Å². The average molecular weight is 228 g/mol. The Kier molecular flexibility index (Phi) is 4.18. The molecule has 0 spiro atoms. The second kappa shape index (κ2) is 5.64. The summed E-state index contributed by atoms with van der Waals surface area (Å²) in [6.45, 7) is 0.778. The van der Waals surface area contributed by atoms with E-state index in [0.717, 1.165) is 45.1 Å². The molecule has 0 aromatic heterocycles. The molecule has 0 aromatic carbocycles. The quantitative estimate of drug-likeness (QED) is 0.692. The van der Waals surface area contributed by atoms with Crippen molar-refractivity contribution in [2.45, 2.75) is 50.9 Å². The lowest BCUT2D eigenvalue weighted by atomic mass is 10.1. The molecule has 0 amide bonds. The molecule has 1 saturated carbocycles. The van der Waals surface area contributed by atoms with Gasteiger partial charge in [0.25, 0.3) is 0 Å². The molecule has 1 aliphatic carbocycles. The zero-order valence-corrected chi connectivity index (χ0v) is 9.81. The third-order valence-corrected chi connectivity index (χ3v) is 3.42. The van der Waals surface area contributed by atoms with Crippen LogP contribution in [0.2, 0.25) is 0 Å². The Hall–Kier alpha value is -0.610. The second-order valence-corrected chi connectivity index (χ2v) is 4.53. The molecule has 1 aliphatic heterocycles. The summed E-state index contributed by atoms with van der Waals surface area (Å²) >= 11 is 0. The summed E-state index contributed by atoms with van der Waals surface area (Å²) in [5, 5.41) is 0. The molecule has 2 aliphatic rings. The van der Waals surface area contributed by atoms with Crippen LogP contribution < -0.4 is 0 Å². The summed E-state index contributed by atoms with van der Waals surface area (Å²) in [5.41, 5.74) is 0. The van der Waals surface area contributed by atoms with Gasteiger partial charge in [0, 0.05) is 6.61 Å². The molecular weight excluding hydrogens is 208 g/mol. The molecule has 92 valence electrons. The van der Waals surface area contributed by atoms with Crippen molar-refractivity contribution in [2.75, 3.05) is 13.7 Å². The van der Waals surface area contributed by atoms with Gasteiger partial charge in [0.2, 0.25) is 0 Å². The molecular formula is C12H20O4. The van der Waals surface area contributed by atoms with E-state index in [4.69, 9.17) is 14.2 Å². The Morgan fingerprint density at radius 1 is 1.19 bits per heavy atom. The molecule has 4 heteroatoms. The number of carbonyl (C=O) groups is 1. The summed E-state index contributed by atoms with van der Waals surface area (Å²) in [4.78, 5) is 11.5. The largest absolute Gasteiger partial charge is 0.469 e. The summed E-state index contributed by atoms with van der Waals surface area (Å²) in [5.74, 6) is -0.228. The number of rotatable bonds is 3. The number of carbonyl (C=O) groups excluding carboxylic acids is 1. The van der Waals surface area contributed by atoms with E-state index in [-0.39, 0.29) is 24.3 Å². The van der Waals surface area contributed by atoms with E-state index in [2.05, 4.69) is 0 Å². The number of hydrogen-bond donors (Lipinski definition) is 0. The van der Waals surface area contributed by atoms with Crippen LogP contribution in [0.3, 0.4) is 0 Å². The maximum Gasteiger partial charge on any atom is 0.311 e. The molecule has 0 bridgehead atoms. The standard InChI is InChI=1S/C12H20O4/c1-14-12(13)9-5-4-6-10(9)16-11-7-2-3-8-15-11/h9-11H,2-8H2,1H3/t9-,10-,11-/m1/s1. The lowest BCUT2D eigenvalue weighted by Gasteiger charge is -2.27. The van der Waals surface area contributed by atoms with Crippen molar-refractivity contribution in [3.8, 4) is 0 Å². The van der Waals surface area contributed by atoms with Crippen LogP contribution >= 0.6 is 0 Å². The minimum absolute atomic E-state index is 0.00412. The van der Waals surface area contributed by atoms with Gasteiger partial charge in [-0.1, -0.05) is 0 Å². The predicted octanol–water partition coefficient (Wildman–Crippen LogP) is 1.87. The number of hydrogen-bond acceptors (Lipinski definition) is 4. The highest BCUT2D eigenvalue weighted by Crippen LogP contribution is 2.31. The van der Waals surface area contributed by atoms with E-state index < -0.39 is 0 Å². The van der Waals surface area contributed by atoms with Gasteiger partial charge in [-0.05, 0) is 38.5 Å². The first-order valence-corrected chi connectivity index (χ1v) is 6.16. The number of ether oxygens (including phenoxy) is 3. The highest BCUT2D eigenvalue weighted by atomic mass is 16.7. The molecule has 1 saturated heterocycles. The molecule has 0 aromatic rings. The van der Waals surface area contributed by atoms with Crippen molar-refractivity contribution in [2.24, 2.45) is 5.92 Å². The molecule has 2 rings (SSSR count). The summed E-state index contributed by atoms with van der Waals surface area (Å²) in [6.07, 6.45) is 5.97. The Balaban J connectivity index is 1.85.